The lowest BCUT2D eigenvalue weighted by atomic mass is 10.1. The van der Waals surface area contributed by atoms with E-state index in [1.807, 2.05) is 0 Å². The smallest absolute Gasteiger partial charge is 0.411 e. The standard InChI is InChI=1S/C13H8F6O2/c14-12(15,16)10(13(17,18)19)11(20)21-9-5-4-7-2-1-3-8(7)6-9/h1,3-6,10H,2H2. The van der Waals surface area contributed by atoms with Crippen molar-refractivity contribution in [3.63, 3.8) is 0 Å². The molecular weight excluding hydrogens is 302 g/mol. The number of alkyl halides is 6. The average Bonchev–Trinajstić information content (AvgIpc) is 2.71. The number of halogens is 6. The lowest BCUT2D eigenvalue weighted by molar-refractivity contribution is -0.279. The number of hydrogen-bond acceptors (Lipinski definition) is 2. The van der Waals surface area contributed by atoms with Crippen LogP contribution in [-0.2, 0) is 11.2 Å². The molecule has 2 nitrogen and oxygen atoms in total. The highest BCUT2D eigenvalue weighted by atomic mass is 19.4. The molecule has 0 heterocycles. The molecule has 0 N–H and O–H groups in total. The van der Waals surface area contributed by atoms with Gasteiger partial charge in [0.1, 0.15) is 5.75 Å². The summed E-state index contributed by atoms with van der Waals surface area (Å²) in [4.78, 5) is 11.2. The van der Waals surface area contributed by atoms with E-state index in [2.05, 4.69) is 4.74 Å². The number of allylic oxidation sites excluding steroid dienone is 1. The maximum atomic E-state index is 12.4. The van der Waals surface area contributed by atoms with Crippen LogP contribution < -0.4 is 4.74 Å². The van der Waals surface area contributed by atoms with E-state index < -0.39 is 24.2 Å². The van der Waals surface area contributed by atoms with Crippen LogP contribution in [0.15, 0.2) is 24.3 Å². The van der Waals surface area contributed by atoms with Gasteiger partial charge in [-0.05, 0) is 29.7 Å². The Morgan fingerprint density at radius 1 is 1.10 bits per heavy atom. The predicted octanol–water partition coefficient (Wildman–Crippen LogP) is 3.90. The Bertz CT molecular complexity index is 571. The van der Waals surface area contributed by atoms with Crippen LogP contribution in [0.1, 0.15) is 11.1 Å². The Hall–Kier alpha value is -1.99. The van der Waals surface area contributed by atoms with Crippen molar-refractivity contribution in [3.8, 4) is 5.75 Å². The van der Waals surface area contributed by atoms with Gasteiger partial charge in [-0.1, -0.05) is 18.2 Å². The highest BCUT2D eigenvalue weighted by Crippen LogP contribution is 2.40. The van der Waals surface area contributed by atoms with Gasteiger partial charge in [0, 0.05) is 0 Å². The largest absolute Gasteiger partial charge is 0.426 e. The molecule has 0 unspecified atom stereocenters. The molecule has 0 atom stereocenters. The zero-order chi connectivity index (χ0) is 15.8. The fraction of sp³-hybridized carbons (Fsp3) is 0.308. The molecule has 0 aromatic heterocycles. The molecule has 0 saturated heterocycles. The van der Waals surface area contributed by atoms with E-state index in [-0.39, 0.29) is 5.75 Å². The Morgan fingerprint density at radius 2 is 1.71 bits per heavy atom. The summed E-state index contributed by atoms with van der Waals surface area (Å²) in [5.74, 6) is -6.91. The molecule has 1 aromatic rings. The lowest BCUT2D eigenvalue weighted by Crippen LogP contribution is -2.44. The quantitative estimate of drug-likeness (QED) is 0.470. The highest BCUT2D eigenvalue weighted by Gasteiger charge is 2.62. The number of ether oxygens (including phenoxy) is 1. The summed E-state index contributed by atoms with van der Waals surface area (Å²) in [5.41, 5.74) is 1.44. The molecule has 0 bridgehead atoms. The number of rotatable bonds is 2. The minimum atomic E-state index is -5.76. The molecule has 2 rings (SSSR count). The van der Waals surface area contributed by atoms with Crippen LogP contribution >= 0.6 is 0 Å². The van der Waals surface area contributed by atoms with Crippen LogP contribution in [-0.4, -0.2) is 18.3 Å². The summed E-state index contributed by atoms with van der Waals surface area (Å²) in [7, 11) is 0. The third-order valence-electron chi connectivity index (χ3n) is 2.86. The molecule has 0 amide bonds. The van der Waals surface area contributed by atoms with Gasteiger partial charge in [0.2, 0.25) is 5.92 Å². The van der Waals surface area contributed by atoms with Crippen LogP contribution in [0.25, 0.3) is 6.08 Å². The molecule has 1 aliphatic rings. The van der Waals surface area contributed by atoms with Crippen molar-refractivity contribution in [1.82, 2.24) is 0 Å². The van der Waals surface area contributed by atoms with E-state index >= 15 is 0 Å². The number of hydrogen-bond donors (Lipinski definition) is 0. The first kappa shape index (κ1) is 15.4. The fourth-order valence-electron chi connectivity index (χ4n) is 1.92. The Morgan fingerprint density at radius 3 is 2.29 bits per heavy atom. The van der Waals surface area contributed by atoms with E-state index in [0.717, 1.165) is 11.6 Å². The molecule has 114 valence electrons. The Kier molecular flexibility index (Phi) is 3.73. The van der Waals surface area contributed by atoms with Crippen molar-refractivity contribution >= 4 is 12.0 Å². The second-order valence-electron chi connectivity index (χ2n) is 4.40. The van der Waals surface area contributed by atoms with E-state index in [1.54, 1.807) is 12.2 Å². The summed E-state index contributed by atoms with van der Waals surface area (Å²) < 4.78 is 78.4. The first-order valence-corrected chi connectivity index (χ1v) is 5.73. The first-order chi connectivity index (χ1) is 9.59. The van der Waals surface area contributed by atoms with E-state index in [0.29, 0.717) is 12.0 Å². The van der Waals surface area contributed by atoms with Crippen LogP contribution in [0.2, 0.25) is 0 Å². The van der Waals surface area contributed by atoms with Gasteiger partial charge < -0.3 is 4.74 Å². The van der Waals surface area contributed by atoms with Gasteiger partial charge in [-0.15, -0.1) is 0 Å². The van der Waals surface area contributed by atoms with Gasteiger partial charge in [-0.2, -0.15) is 26.3 Å². The molecule has 0 aliphatic heterocycles. The molecule has 1 aromatic carbocycles. The molecule has 0 radical (unpaired) electrons. The molecule has 21 heavy (non-hydrogen) atoms. The normalized spacial score (nSPS) is 14.4. The number of fused-ring (bicyclic) bond motifs is 1. The van der Waals surface area contributed by atoms with E-state index in [9.17, 15) is 31.1 Å². The highest BCUT2D eigenvalue weighted by molar-refractivity contribution is 5.77. The first-order valence-electron chi connectivity index (χ1n) is 5.73. The zero-order valence-electron chi connectivity index (χ0n) is 10.3. The number of benzene rings is 1. The van der Waals surface area contributed by atoms with Crippen molar-refractivity contribution in [3.05, 3.63) is 35.4 Å². The van der Waals surface area contributed by atoms with Crippen molar-refractivity contribution in [1.29, 1.82) is 0 Å². The minimum absolute atomic E-state index is 0.358. The maximum absolute atomic E-state index is 12.4. The fourth-order valence-corrected chi connectivity index (χ4v) is 1.92. The minimum Gasteiger partial charge on any atom is -0.426 e. The van der Waals surface area contributed by atoms with Crippen molar-refractivity contribution in [2.45, 2.75) is 18.8 Å². The van der Waals surface area contributed by atoms with Crippen molar-refractivity contribution < 1.29 is 35.9 Å². The summed E-state index contributed by atoms with van der Waals surface area (Å²) in [6.07, 6.45) is -7.50. The number of carbonyl (C=O) groups is 1. The van der Waals surface area contributed by atoms with E-state index in [4.69, 9.17) is 0 Å². The summed E-state index contributed by atoms with van der Waals surface area (Å²) in [5, 5.41) is 0. The zero-order valence-corrected chi connectivity index (χ0v) is 10.3. The summed E-state index contributed by atoms with van der Waals surface area (Å²) in [6, 6.07) is 3.86. The van der Waals surface area contributed by atoms with E-state index in [1.165, 1.54) is 12.1 Å². The van der Waals surface area contributed by atoms with Gasteiger partial charge in [0.15, 0.2) is 0 Å². The van der Waals surface area contributed by atoms with Crippen LogP contribution in [0.4, 0.5) is 26.3 Å². The Labute approximate surface area is 115 Å². The molecule has 0 saturated carbocycles. The molecular formula is C13H8F6O2. The predicted molar refractivity (Wildman–Crippen MR) is 60.4 cm³/mol. The summed E-state index contributed by atoms with van der Waals surface area (Å²) in [6.45, 7) is 0. The Balaban J connectivity index is 2.21. The van der Waals surface area contributed by atoms with Crippen LogP contribution in [0.3, 0.4) is 0 Å². The van der Waals surface area contributed by atoms with Gasteiger partial charge in [-0.3, -0.25) is 4.79 Å². The van der Waals surface area contributed by atoms with Crippen LogP contribution in [0.5, 0.6) is 5.75 Å². The van der Waals surface area contributed by atoms with Crippen LogP contribution in [0, 0.1) is 5.92 Å². The SMILES string of the molecule is O=C(Oc1ccc2c(c1)C=CC2)C(C(F)(F)F)C(F)(F)F. The second kappa shape index (κ2) is 5.09. The monoisotopic (exact) mass is 310 g/mol. The number of esters is 1. The molecule has 0 spiro atoms. The molecule has 0 fully saturated rings. The van der Waals surface area contributed by atoms with Crippen molar-refractivity contribution in [2.24, 2.45) is 5.92 Å². The van der Waals surface area contributed by atoms with Gasteiger partial charge in [-0.25, -0.2) is 0 Å². The third-order valence-corrected chi connectivity index (χ3v) is 2.86. The average molecular weight is 310 g/mol. The molecule has 1 aliphatic carbocycles. The lowest BCUT2D eigenvalue weighted by Gasteiger charge is -2.21. The molecule has 8 heteroatoms. The second-order valence-corrected chi connectivity index (χ2v) is 4.40. The number of carbonyl (C=O) groups excluding carboxylic acids is 1. The van der Waals surface area contributed by atoms with Gasteiger partial charge in [0.25, 0.3) is 0 Å². The van der Waals surface area contributed by atoms with Gasteiger partial charge >= 0.3 is 18.3 Å². The topological polar surface area (TPSA) is 26.3 Å². The van der Waals surface area contributed by atoms with Gasteiger partial charge in [0.05, 0.1) is 0 Å². The summed E-state index contributed by atoms with van der Waals surface area (Å²) >= 11 is 0. The van der Waals surface area contributed by atoms with Crippen molar-refractivity contribution in [2.75, 3.05) is 0 Å². The third kappa shape index (κ3) is 3.37. The maximum Gasteiger partial charge on any atom is 0.411 e.